The summed E-state index contributed by atoms with van der Waals surface area (Å²) in [6.07, 6.45) is 0. The van der Waals surface area contributed by atoms with Crippen molar-refractivity contribution < 1.29 is 13.9 Å². The molecule has 2 rings (SSSR count). The molecule has 0 spiro atoms. The van der Waals surface area contributed by atoms with Crippen LogP contribution in [0, 0.1) is 5.82 Å². The number of ether oxygens (including phenoxy) is 1. The highest BCUT2D eigenvalue weighted by atomic mass is 79.9. The molecule has 0 heterocycles. The summed E-state index contributed by atoms with van der Waals surface area (Å²) >= 11 is 3.22. The minimum Gasteiger partial charge on any atom is -0.497 e. The normalized spacial score (nSPS) is 10.2. The van der Waals surface area contributed by atoms with Crippen molar-refractivity contribution in [3.63, 3.8) is 0 Å². The van der Waals surface area contributed by atoms with Crippen LogP contribution >= 0.6 is 15.9 Å². The van der Waals surface area contributed by atoms with E-state index in [1.54, 1.807) is 12.1 Å². The number of nitrogens with one attached hydrogen (secondary N) is 1. The Labute approximate surface area is 123 Å². The summed E-state index contributed by atoms with van der Waals surface area (Å²) in [7, 11) is 1.51. The van der Waals surface area contributed by atoms with Gasteiger partial charge in [0.05, 0.1) is 18.4 Å². The van der Waals surface area contributed by atoms with E-state index >= 15 is 0 Å². The molecule has 6 heteroatoms. The lowest BCUT2D eigenvalue weighted by Crippen LogP contribution is -2.15. The van der Waals surface area contributed by atoms with Crippen molar-refractivity contribution in [2.24, 2.45) is 0 Å². The number of anilines is 2. The van der Waals surface area contributed by atoms with Gasteiger partial charge in [0.25, 0.3) is 5.91 Å². The highest BCUT2D eigenvalue weighted by Crippen LogP contribution is 2.23. The number of carbonyl (C=O) groups is 1. The molecule has 2 aromatic carbocycles. The largest absolute Gasteiger partial charge is 0.497 e. The van der Waals surface area contributed by atoms with Crippen LogP contribution in [0.4, 0.5) is 15.8 Å². The highest BCUT2D eigenvalue weighted by molar-refractivity contribution is 9.10. The number of nitrogens with two attached hydrogens (primary N) is 1. The van der Waals surface area contributed by atoms with Gasteiger partial charge >= 0.3 is 0 Å². The molecule has 2 aromatic rings. The first-order valence-corrected chi connectivity index (χ1v) is 6.50. The molecular formula is C14H12BrFN2O2. The summed E-state index contributed by atoms with van der Waals surface area (Å²) in [4.78, 5) is 12.1. The van der Waals surface area contributed by atoms with Crippen LogP contribution in [-0.4, -0.2) is 13.0 Å². The molecule has 4 nitrogen and oxygen atoms in total. The summed E-state index contributed by atoms with van der Waals surface area (Å²) in [5.74, 6) is -0.455. The van der Waals surface area contributed by atoms with Crippen molar-refractivity contribution >= 4 is 33.2 Å². The van der Waals surface area contributed by atoms with Gasteiger partial charge in [-0.25, -0.2) is 4.39 Å². The summed E-state index contributed by atoms with van der Waals surface area (Å²) in [6, 6.07) is 8.96. The van der Waals surface area contributed by atoms with E-state index in [4.69, 9.17) is 10.5 Å². The second-order valence-corrected chi connectivity index (χ2v) is 4.95. The van der Waals surface area contributed by atoms with Crippen molar-refractivity contribution in [2.75, 3.05) is 18.2 Å². The molecule has 0 aliphatic rings. The number of amides is 1. The molecule has 1 amide bonds. The van der Waals surface area contributed by atoms with E-state index in [0.717, 1.165) is 0 Å². The first-order valence-electron chi connectivity index (χ1n) is 5.71. The Bertz CT molecular complexity index is 662. The standard InChI is InChI=1S/C14H12BrFN2O2/c1-20-9-3-4-10(12(17)7-9)14(19)18-13-6-8(15)2-5-11(13)16/h2-7H,17H2,1H3,(H,18,19). The van der Waals surface area contributed by atoms with Crippen LogP contribution in [0.25, 0.3) is 0 Å². The van der Waals surface area contributed by atoms with Crippen LogP contribution in [0.3, 0.4) is 0 Å². The average molecular weight is 339 g/mol. The molecule has 0 radical (unpaired) electrons. The number of hydrogen-bond acceptors (Lipinski definition) is 3. The first-order chi connectivity index (χ1) is 9.51. The van der Waals surface area contributed by atoms with Crippen molar-refractivity contribution in [3.05, 3.63) is 52.3 Å². The number of nitrogen functional groups attached to an aromatic ring is 1. The van der Waals surface area contributed by atoms with Crippen LogP contribution in [0.5, 0.6) is 5.75 Å². The number of rotatable bonds is 3. The third kappa shape index (κ3) is 3.08. The number of methoxy groups -OCH3 is 1. The summed E-state index contributed by atoms with van der Waals surface area (Å²) in [5.41, 5.74) is 6.37. The van der Waals surface area contributed by atoms with Gasteiger partial charge in [0, 0.05) is 16.2 Å². The molecule has 3 N–H and O–H groups in total. The van der Waals surface area contributed by atoms with Crippen LogP contribution in [0.1, 0.15) is 10.4 Å². The van der Waals surface area contributed by atoms with Crippen molar-refractivity contribution in [1.29, 1.82) is 0 Å². The molecular weight excluding hydrogens is 327 g/mol. The van der Waals surface area contributed by atoms with E-state index in [-0.39, 0.29) is 16.9 Å². The number of benzene rings is 2. The Morgan fingerprint density at radius 3 is 2.70 bits per heavy atom. The van der Waals surface area contributed by atoms with Gasteiger partial charge in [0.15, 0.2) is 0 Å². The maximum atomic E-state index is 13.6. The van der Waals surface area contributed by atoms with Crippen LogP contribution < -0.4 is 15.8 Å². The third-order valence-electron chi connectivity index (χ3n) is 2.68. The van der Waals surface area contributed by atoms with Gasteiger partial charge in [-0.15, -0.1) is 0 Å². The Morgan fingerprint density at radius 2 is 2.05 bits per heavy atom. The van der Waals surface area contributed by atoms with Crippen LogP contribution in [0.2, 0.25) is 0 Å². The molecule has 0 saturated carbocycles. The maximum absolute atomic E-state index is 13.6. The smallest absolute Gasteiger partial charge is 0.257 e. The van der Waals surface area contributed by atoms with E-state index in [2.05, 4.69) is 21.2 Å². The van der Waals surface area contributed by atoms with Gasteiger partial charge < -0.3 is 15.8 Å². The Morgan fingerprint density at radius 1 is 1.30 bits per heavy atom. The summed E-state index contributed by atoms with van der Waals surface area (Å²) in [6.45, 7) is 0. The number of halogens is 2. The fourth-order valence-electron chi connectivity index (χ4n) is 1.66. The van der Waals surface area contributed by atoms with Gasteiger partial charge in [-0.1, -0.05) is 15.9 Å². The molecule has 0 aromatic heterocycles. The Kier molecular flexibility index (Phi) is 4.24. The predicted octanol–water partition coefficient (Wildman–Crippen LogP) is 3.43. The first kappa shape index (κ1) is 14.3. The highest BCUT2D eigenvalue weighted by Gasteiger charge is 2.13. The van der Waals surface area contributed by atoms with Crippen molar-refractivity contribution in [3.8, 4) is 5.75 Å². The quantitative estimate of drug-likeness (QED) is 0.842. The summed E-state index contributed by atoms with van der Waals surface area (Å²) in [5, 5.41) is 2.48. The molecule has 0 bridgehead atoms. The minimum absolute atomic E-state index is 0.0830. The molecule has 104 valence electrons. The lowest BCUT2D eigenvalue weighted by atomic mass is 10.1. The lowest BCUT2D eigenvalue weighted by Gasteiger charge is -2.10. The molecule has 0 unspecified atom stereocenters. The Balaban J connectivity index is 2.26. The second kappa shape index (κ2) is 5.92. The topological polar surface area (TPSA) is 64.3 Å². The van der Waals surface area contributed by atoms with Gasteiger partial charge in [-0.2, -0.15) is 0 Å². The zero-order valence-electron chi connectivity index (χ0n) is 10.6. The van der Waals surface area contributed by atoms with Gasteiger partial charge in [-0.05, 0) is 30.3 Å². The van der Waals surface area contributed by atoms with E-state index in [1.165, 1.54) is 31.4 Å². The fraction of sp³-hybridized carbons (Fsp3) is 0.0714. The summed E-state index contributed by atoms with van der Waals surface area (Å²) < 4.78 is 19.2. The average Bonchev–Trinajstić information content (AvgIpc) is 2.42. The van der Waals surface area contributed by atoms with Crippen molar-refractivity contribution in [1.82, 2.24) is 0 Å². The van der Waals surface area contributed by atoms with E-state index in [9.17, 15) is 9.18 Å². The van der Waals surface area contributed by atoms with Crippen LogP contribution in [-0.2, 0) is 0 Å². The zero-order valence-corrected chi connectivity index (χ0v) is 12.2. The molecule has 0 saturated heterocycles. The molecule has 0 aliphatic heterocycles. The van der Waals surface area contributed by atoms with Gasteiger partial charge in [0.2, 0.25) is 0 Å². The SMILES string of the molecule is COc1ccc(C(=O)Nc2cc(Br)ccc2F)c(N)c1. The maximum Gasteiger partial charge on any atom is 0.257 e. The second-order valence-electron chi connectivity index (χ2n) is 4.03. The van der Waals surface area contributed by atoms with E-state index in [0.29, 0.717) is 10.2 Å². The number of hydrogen-bond donors (Lipinski definition) is 2. The van der Waals surface area contributed by atoms with Gasteiger partial charge in [0.1, 0.15) is 11.6 Å². The molecule has 0 fully saturated rings. The Hall–Kier alpha value is -2.08. The van der Waals surface area contributed by atoms with E-state index < -0.39 is 11.7 Å². The monoisotopic (exact) mass is 338 g/mol. The molecule has 20 heavy (non-hydrogen) atoms. The predicted molar refractivity (Wildman–Crippen MR) is 79.5 cm³/mol. The van der Waals surface area contributed by atoms with Crippen LogP contribution in [0.15, 0.2) is 40.9 Å². The van der Waals surface area contributed by atoms with Crippen molar-refractivity contribution in [2.45, 2.75) is 0 Å². The number of carbonyl (C=O) groups excluding carboxylic acids is 1. The third-order valence-corrected chi connectivity index (χ3v) is 3.17. The fourth-order valence-corrected chi connectivity index (χ4v) is 2.02. The molecule has 0 aliphatic carbocycles. The zero-order chi connectivity index (χ0) is 14.7. The van der Waals surface area contributed by atoms with E-state index in [1.807, 2.05) is 0 Å². The van der Waals surface area contributed by atoms with Gasteiger partial charge in [-0.3, -0.25) is 4.79 Å². The molecule has 0 atom stereocenters. The lowest BCUT2D eigenvalue weighted by molar-refractivity contribution is 0.102. The minimum atomic E-state index is -0.520.